The summed E-state index contributed by atoms with van der Waals surface area (Å²) in [7, 11) is -0.483. The van der Waals surface area contributed by atoms with Gasteiger partial charge in [-0.05, 0) is 124 Å². The molecule has 0 bridgehead atoms. The van der Waals surface area contributed by atoms with Gasteiger partial charge in [0.25, 0.3) is 0 Å². The molecule has 51 heavy (non-hydrogen) atoms. The standard InChI is InChI=1S/C42H66Br2O6Si/c1-29(2)51(30(3)4,31(5)6)50-38(26-33(8)24-32(7)25-37-15-12-14-36(48-37)22-23-41(43)44)16-13-17-39(40-28-47-42(9,10)49-40)46-27-34-18-20-35(45-11)21-19-34/h12-14,16,18-21,23,29-32,36-40H,8,15,17,22,24-28H2,1-7,9-11H3. The van der Waals surface area contributed by atoms with Crippen molar-refractivity contribution < 1.29 is 28.1 Å². The summed E-state index contributed by atoms with van der Waals surface area (Å²) in [4.78, 5) is 0. The summed E-state index contributed by atoms with van der Waals surface area (Å²) in [6.45, 7) is 26.0. The molecule has 1 saturated heterocycles. The predicted octanol–water partition coefficient (Wildman–Crippen LogP) is 12.3. The first-order valence-electron chi connectivity index (χ1n) is 18.9. The van der Waals surface area contributed by atoms with Gasteiger partial charge in [-0.3, -0.25) is 0 Å². The minimum Gasteiger partial charge on any atom is -0.497 e. The molecular weight excluding hydrogens is 788 g/mol. The average Bonchev–Trinajstić information content (AvgIpc) is 3.42. The van der Waals surface area contributed by atoms with E-state index in [9.17, 15) is 0 Å². The summed E-state index contributed by atoms with van der Waals surface area (Å²) >= 11 is 6.92. The quantitative estimate of drug-likeness (QED) is 0.0907. The van der Waals surface area contributed by atoms with E-state index in [0.717, 1.165) is 46.8 Å². The van der Waals surface area contributed by atoms with Crippen molar-refractivity contribution in [2.75, 3.05) is 13.7 Å². The average molecular weight is 855 g/mol. The van der Waals surface area contributed by atoms with E-state index < -0.39 is 14.1 Å². The molecule has 1 fully saturated rings. The molecule has 0 amide bonds. The van der Waals surface area contributed by atoms with E-state index >= 15 is 0 Å². The van der Waals surface area contributed by atoms with Gasteiger partial charge < -0.3 is 28.1 Å². The Balaban J connectivity index is 1.75. The van der Waals surface area contributed by atoms with E-state index in [-0.39, 0.29) is 30.5 Å². The molecule has 0 N–H and O–H groups in total. The van der Waals surface area contributed by atoms with Crippen LogP contribution in [0.4, 0.5) is 0 Å². The third kappa shape index (κ3) is 14.3. The van der Waals surface area contributed by atoms with Gasteiger partial charge in [-0.2, -0.15) is 0 Å². The molecule has 0 radical (unpaired) electrons. The van der Waals surface area contributed by atoms with Crippen molar-refractivity contribution in [3.05, 3.63) is 75.8 Å². The maximum Gasteiger partial charge on any atom is 0.201 e. The lowest BCUT2D eigenvalue weighted by Crippen LogP contribution is -2.50. The summed E-state index contributed by atoms with van der Waals surface area (Å²) in [6, 6.07) is 8.02. The number of hydrogen-bond donors (Lipinski definition) is 0. The number of halogens is 2. The molecule has 0 aliphatic carbocycles. The van der Waals surface area contributed by atoms with Gasteiger partial charge in [0.2, 0.25) is 8.32 Å². The molecule has 1 aromatic carbocycles. The lowest BCUT2D eigenvalue weighted by Gasteiger charge is -2.44. The van der Waals surface area contributed by atoms with Gasteiger partial charge >= 0.3 is 0 Å². The van der Waals surface area contributed by atoms with Crippen LogP contribution < -0.4 is 4.74 Å². The fourth-order valence-electron chi connectivity index (χ4n) is 7.95. The molecule has 2 aliphatic rings. The molecule has 2 aliphatic heterocycles. The van der Waals surface area contributed by atoms with Gasteiger partial charge in [0.1, 0.15) is 11.9 Å². The van der Waals surface area contributed by atoms with Gasteiger partial charge in [0.05, 0.1) is 48.1 Å². The fraction of sp³-hybridized carbons (Fsp3) is 0.667. The molecule has 6 nitrogen and oxygen atoms in total. The topological polar surface area (TPSA) is 55.4 Å². The first kappa shape index (κ1) is 44.4. The normalized spacial score (nSPS) is 22.5. The zero-order valence-electron chi connectivity index (χ0n) is 33.0. The Labute approximate surface area is 328 Å². The van der Waals surface area contributed by atoms with Crippen molar-refractivity contribution in [3.63, 3.8) is 0 Å². The summed E-state index contributed by atoms with van der Waals surface area (Å²) in [5, 5.41) is 0. The van der Waals surface area contributed by atoms with Crippen molar-refractivity contribution in [2.24, 2.45) is 5.92 Å². The van der Waals surface area contributed by atoms with E-state index in [4.69, 9.17) is 28.1 Å². The first-order valence-corrected chi connectivity index (χ1v) is 22.7. The van der Waals surface area contributed by atoms with Crippen LogP contribution in [-0.4, -0.2) is 58.3 Å². The lowest BCUT2D eigenvalue weighted by molar-refractivity contribution is -0.157. The Hall–Kier alpha value is -1.04. The van der Waals surface area contributed by atoms with Crippen LogP contribution in [0.3, 0.4) is 0 Å². The molecule has 1 aromatic rings. The molecule has 9 heteroatoms. The second kappa shape index (κ2) is 21.2. The number of rotatable bonds is 21. The first-order chi connectivity index (χ1) is 24.0. The molecular formula is C42H66Br2O6Si. The third-order valence-electron chi connectivity index (χ3n) is 10.3. The van der Waals surface area contributed by atoms with E-state index in [2.05, 4.69) is 117 Å². The van der Waals surface area contributed by atoms with Gasteiger partial charge in [0.15, 0.2) is 5.79 Å². The van der Waals surface area contributed by atoms with Crippen LogP contribution in [0, 0.1) is 5.92 Å². The molecule has 2 heterocycles. The highest BCUT2D eigenvalue weighted by Gasteiger charge is 2.46. The third-order valence-corrected chi connectivity index (χ3v) is 17.0. The second-order valence-electron chi connectivity index (χ2n) is 15.9. The Kier molecular flexibility index (Phi) is 18.4. The zero-order chi connectivity index (χ0) is 37.8. The van der Waals surface area contributed by atoms with E-state index in [0.29, 0.717) is 42.2 Å². The van der Waals surface area contributed by atoms with Crippen LogP contribution in [-0.2, 0) is 30.0 Å². The fourth-order valence-corrected chi connectivity index (χ4v) is 13.8. The number of ether oxygens (including phenoxy) is 5. The van der Waals surface area contributed by atoms with Gasteiger partial charge in [-0.25, -0.2) is 0 Å². The minimum absolute atomic E-state index is 0.0595. The monoisotopic (exact) mass is 852 g/mol. The minimum atomic E-state index is -2.16. The molecule has 0 aromatic heterocycles. The highest BCUT2D eigenvalue weighted by Crippen LogP contribution is 2.44. The Morgan fingerprint density at radius 2 is 1.69 bits per heavy atom. The van der Waals surface area contributed by atoms with E-state index in [1.165, 1.54) is 5.57 Å². The number of hydrogen-bond acceptors (Lipinski definition) is 6. The molecule has 6 atom stereocenters. The summed E-state index contributed by atoms with van der Waals surface area (Å²) in [6.07, 6.45) is 16.3. The van der Waals surface area contributed by atoms with Crippen LogP contribution in [0.15, 0.2) is 70.2 Å². The Morgan fingerprint density at radius 1 is 1.02 bits per heavy atom. The highest BCUT2D eigenvalue weighted by molar-refractivity contribution is 9.28. The van der Waals surface area contributed by atoms with Crippen molar-refractivity contribution in [1.29, 1.82) is 0 Å². The van der Waals surface area contributed by atoms with E-state index in [1.807, 2.05) is 38.1 Å². The smallest absolute Gasteiger partial charge is 0.201 e. The van der Waals surface area contributed by atoms with Crippen LogP contribution >= 0.6 is 31.9 Å². The lowest BCUT2D eigenvalue weighted by atomic mass is 9.91. The van der Waals surface area contributed by atoms with Gasteiger partial charge in [-0.1, -0.05) is 103 Å². The van der Waals surface area contributed by atoms with Crippen LogP contribution in [0.25, 0.3) is 0 Å². The van der Waals surface area contributed by atoms with Crippen molar-refractivity contribution in [3.8, 4) is 5.75 Å². The summed E-state index contributed by atoms with van der Waals surface area (Å²) in [5.41, 5.74) is 3.77. The molecule has 0 saturated carbocycles. The van der Waals surface area contributed by atoms with Crippen LogP contribution in [0.2, 0.25) is 16.6 Å². The summed E-state index contributed by atoms with van der Waals surface area (Å²) < 4.78 is 39.0. The molecule has 288 valence electrons. The highest BCUT2D eigenvalue weighted by atomic mass is 79.9. The Morgan fingerprint density at radius 3 is 2.25 bits per heavy atom. The molecule has 3 rings (SSSR count). The van der Waals surface area contributed by atoms with Crippen LogP contribution in [0.5, 0.6) is 5.75 Å². The predicted molar refractivity (Wildman–Crippen MR) is 221 cm³/mol. The van der Waals surface area contributed by atoms with Gasteiger partial charge in [0, 0.05) is 0 Å². The zero-order valence-corrected chi connectivity index (χ0v) is 37.1. The maximum absolute atomic E-state index is 7.41. The number of methoxy groups -OCH3 is 1. The SMILES string of the molecule is C=C(CC(C)CC1CC=CC(CC=C(Br)Br)O1)CC(C=CCC(OCc1ccc(OC)cc1)C1COC(C)(C)O1)O[Si](C(C)C)(C(C)C)C(C)C. The Bertz CT molecular complexity index is 1260. The van der Waals surface area contributed by atoms with Crippen molar-refractivity contribution in [1.82, 2.24) is 0 Å². The van der Waals surface area contributed by atoms with Crippen molar-refractivity contribution >= 4 is 40.2 Å². The molecule has 6 unspecified atom stereocenters. The van der Waals surface area contributed by atoms with Crippen molar-refractivity contribution in [2.45, 2.75) is 160 Å². The van der Waals surface area contributed by atoms with E-state index in [1.54, 1.807) is 7.11 Å². The second-order valence-corrected chi connectivity index (χ2v) is 24.1. The van der Waals surface area contributed by atoms with Crippen LogP contribution in [0.1, 0.15) is 106 Å². The molecule has 0 spiro atoms. The summed E-state index contributed by atoms with van der Waals surface area (Å²) in [5.74, 6) is 0.659. The largest absolute Gasteiger partial charge is 0.497 e. The maximum atomic E-state index is 7.41. The number of benzene rings is 1. The van der Waals surface area contributed by atoms with Gasteiger partial charge in [-0.15, -0.1) is 0 Å².